The van der Waals surface area contributed by atoms with Crippen LogP contribution in [0.15, 0.2) is 88.7 Å². The Balaban J connectivity index is 1.99. The van der Waals surface area contributed by atoms with Crippen LogP contribution in [0.3, 0.4) is 0 Å². The Morgan fingerprint density at radius 3 is 1.60 bits per heavy atom. The Kier molecular flexibility index (Phi) is 6.06. The molecule has 4 rings (SSSR count). The standard InChI is InChI=1S/C25H24N2O6S2/c1-4-25(20-8-6-5-7-9-20)23(28)26(34(30,31)21-14-10-18(2)11-15-21)24(29)27(25)35(32,33)22-16-12-19(3)13-17-22/h5-17H,4H2,1-3H3/t25-/m0/s1. The molecular formula is C25H24N2O6S2. The van der Waals surface area contributed by atoms with Crippen LogP contribution in [0.1, 0.15) is 30.0 Å². The topological polar surface area (TPSA) is 109 Å². The summed E-state index contributed by atoms with van der Waals surface area (Å²) in [5.74, 6) is -1.15. The van der Waals surface area contributed by atoms with Gasteiger partial charge in [-0.15, -0.1) is 4.31 Å². The normalized spacial score (nSPS) is 18.8. The highest BCUT2D eigenvalue weighted by atomic mass is 32.2. The van der Waals surface area contributed by atoms with E-state index in [1.54, 1.807) is 44.2 Å². The summed E-state index contributed by atoms with van der Waals surface area (Å²) in [7, 11) is -9.33. The van der Waals surface area contributed by atoms with E-state index in [0.29, 0.717) is 4.31 Å². The average molecular weight is 513 g/mol. The zero-order chi connectivity index (χ0) is 25.6. The van der Waals surface area contributed by atoms with Gasteiger partial charge in [0.05, 0.1) is 9.79 Å². The summed E-state index contributed by atoms with van der Waals surface area (Å²) >= 11 is 0. The maximum Gasteiger partial charge on any atom is 0.356 e. The summed E-state index contributed by atoms with van der Waals surface area (Å²) in [6.45, 7) is 5.07. The first-order valence-corrected chi connectivity index (χ1v) is 13.7. The van der Waals surface area contributed by atoms with Gasteiger partial charge in [-0.1, -0.05) is 72.6 Å². The molecule has 0 bridgehead atoms. The average Bonchev–Trinajstić information content (AvgIpc) is 3.08. The van der Waals surface area contributed by atoms with E-state index in [9.17, 15) is 26.4 Å². The predicted molar refractivity (Wildman–Crippen MR) is 129 cm³/mol. The van der Waals surface area contributed by atoms with Crippen molar-refractivity contribution in [1.82, 2.24) is 8.61 Å². The van der Waals surface area contributed by atoms with Crippen molar-refractivity contribution >= 4 is 32.0 Å². The summed E-state index contributed by atoms with van der Waals surface area (Å²) in [5, 5.41) is 0. The molecule has 1 heterocycles. The summed E-state index contributed by atoms with van der Waals surface area (Å²) in [5.41, 5.74) is -0.321. The molecular weight excluding hydrogens is 488 g/mol. The first-order valence-electron chi connectivity index (χ1n) is 10.9. The quantitative estimate of drug-likeness (QED) is 0.463. The van der Waals surface area contributed by atoms with Crippen molar-refractivity contribution in [1.29, 1.82) is 0 Å². The lowest BCUT2D eigenvalue weighted by atomic mass is 9.87. The number of sulfonamides is 2. The van der Waals surface area contributed by atoms with Gasteiger partial charge in [-0.3, -0.25) is 4.79 Å². The highest BCUT2D eigenvalue weighted by Gasteiger charge is 2.65. The molecule has 0 unspecified atom stereocenters. The molecule has 3 amide bonds. The molecule has 3 aromatic rings. The van der Waals surface area contributed by atoms with E-state index >= 15 is 0 Å². The van der Waals surface area contributed by atoms with Gasteiger partial charge in [0.25, 0.3) is 26.0 Å². The Hall–Kier alpha value is -3.50. The number of amides is 3. The van der Waals surface area contributed by atoms with Crippen molar-refractivity contribution in [3.8, 4) is 0 Å². The number of imide groups is 1. The molecule has 0 spiro atoms. The Labute approximate surface area is 204 Å². The monoisotopic (exact) mass is 512 g/mol. The fraction of sp³-hybridized carbons (Fsp3) is 0.200. The zero-order valence-corrected chi connectivity index (χ0v) is 21.0. The van der Waals surface area contributed by atoms with Crippen LogP contribution in [0.2, 0.25) is 0 Å². The molecule has 10 heteroatoms. The SMILES string of the molecule is CC[C@]1(c2ccccc2)C(=O)N(S(=O)(=O)c2ccc(C)cc2)C(=O)N1S(=O)(=O)c1ccc(C)cc1. The minimum Gasteiger partial charge on any atom is -0.270 e. The molecule has 1 aliphatic rings. The number of hydrogen-bond donors (Lipinski definition) is 0. The van der Waals surface area contributed by atoms with Crippen LogP contribution in [0.25, 0.3) is 0 Å². The van der Waals surface area contributed by atoms with Crippen LogP contribution < -0.4 is 0 Å². The molecule has 0 aliphatic carbocycles. The molecule has 1 aliphatic heterocycles. The molecule has 182 valence electrons. The van der Waals surface area contributed by atoms with Crippen LogP contribution in [0.5, 0.6) is 0 Å². The molecule has 1 saturated heterocycles. The lowest BCUT2D eigenvalue weighted by molar-refractivity contribution is -0.129. The molecule has 3 aromatic carbocycles. The van der Waals surface area contributed by atoms with Crippen LogP contribution in [0.4, 0.5) is 4.79 Å². The van der Waals surface area contributed by atoms with Gasteiger partial charge in [0.1, 0.15) is 0 Å². The third kappa shape index (κ3) is 3.73. The molecule has 0 saturated carbocycles. The molecule has 0 radical (unpaired) electrons. The van der Waals surface area contributed by atoms with Crippen LogP contribution in [-0.4, -0.2) is 37.4 Å². The van der Waals surface area contributed by atoms with Gasteiger partial charge < -0.3 is 0 Å². The van der Waals surface area contributed by atoms with Crippen molar-refractivity contribution in [2.45, 2.75) is 42.5 Å². The summed E-state index contributed by atoms with van der Waals surface area (Å²) in [6, 6.07) is 17.8. The molecule has 1 fully saturated rings. The van der Waals surface area contributed by atoms with E-state index in [1.807, 2.05) is 0 Å². The zero-order valence-electron chi connectivity index (χ0n) is 19.4. The van der Waals surface area contributed by atoms with Crippen molar-refractivity contribution < 1.29 is 26.4 Å². The Bertz CT molecular complexity index is 1500. The lowest BCUT2D eigenvalue weighted by Crippen LogP contribution is -2.49. The third-order valence-electron chi connectivity index (χ3n) is 6.11. The highest BCUT2D eigenvalue weighted by Crippen LogP contribution is 2.45. The van der Waals surface area contributed by atoms with Gasteiger partial charge in [0.2, 0.25) is 0 Å². The van der Waals surface area contributed by atoms with Crippen molar-refractivity contribution in [2.24, 2.45) is 0 Å². The summed E-state index contributed by atoms with van der Waals surface area (Å²) < 4.78 is 55.2. The fourth-order valence-electron chi connectivity index (χ4n) is 4.19. The molecule has 35 heavy (non-hydrogen) atoms. The Morgan fingerprint density at radius 1 is 0.686 bits per heavy atom. The van der Waals surface area contributed by atoms with E-state index in [4.69, 9.17) is 0 Å². The number of benzene rings is 3. The van der Waals surface area contributed by atoms with Gasteiger partial charge in [0, 0.05) is 0 Å². The van der Waals surface area contributed by atoms with Crippen LogP contribution in [0, 0.1) is 13.8 Å². The largest absolute Gasteiger partial charge is 0.356 e. The number of hydrogen-bond acceptors (Lipinski definition) is 6. The summed E-state index contributed by atoms with van der Waals surface area (Å²) in [4.78, 5) is 27.1. The van der Waals surface area contributed by atoms with E-state index in [2.05, 4.69) is 0 Å². The van der Waals surface area contributed by atoms with Crippen molar-refractivity contribution in [2.75, 3.05) is 0 Å². The van der Waals surface area contributed by atoms with E-state index < -0.39 is 37.5 Å². The number of rotatable bonds is 6. The number of urea groups is 1. The second-order valence-electron chi connectivity index (χ2n) is 8.33. The fourth-order valence-corrected chi connectivity index (χ4v) is 7.29. The predicted octanol–water partition coefficient (Wildman–Crippen LogP) is 3.95. The number of carbonyl (C=O) groups is 2. The van der Waals surface area contributed by atoms with Gasteiger partial charge >= 0.3 is 6.03 Å². The number of nitrogens with zero attached hydrogens (tertiary/aromatic N) is 2. The van der Waals surface area contributed by atoms with Crippen LogP contribution in [-0.2, 0) is 30.4 Å². The number of aryl methyl sites for hydroxylation is 2. The minimum absolute atomic E-state index is 0.0832. The highest BCUT2D eigenvalue weighted by molar-refractivity contribution is 7.91. The Morgan fingerprint density at radius 2 is 1.14 bits per heavy atom. The first kappa shape index (κ1) is 24.6. The second-order valence-corrected chi connectivity index (χ2v) is 11.9. The van der Waals surface area contributed by atoms with E-state index in [0.717, 1.165) is 11.1 Å². The minimum atomic E-state index is -4.70. The maximum absolute atomic E-state index is 13.9. The lowest BCUT2D eigenvalue weighted by Gasteiger charge is -2.33. The second kappa shape index (κ2) is 8.62. The number of carbonyl (C=O) groups excluding carboxylic acids is 2. The summed E-state index contributed by atoms with van der Waals surface area (Å²) in [6.07, 6.45) is -0.174. The van der Waals surface area contributed by atoms with Gasteiger partial charge in [-0.05, 0) is 50.1 Å². The first-order chi connectivity index (χ1) is 16.5. The molecule has 0 N–H and O–H groups in total. The molecule has 8 nitrogen and oxygen atoms in total. The third-order valence-corrected chi connectivity index (χ3v) is 9.60. The maximum atomic E-state index is 13.9. The van der Waals surface area contributed by atoms with E-state index in [1.165, 1.54) is 55.5 Å². The van der Waals surface area contributed by atoms with E-state index in [-0.39, 0.29) is 26.1 Å². The molecule has 0 aromatic heterocycles. The van der Waals surface area contributed by atoms with Crippen LogP contribution >= 0.6 is 0 Å². The van der Waals surface area contributed by atoms with Crippen molar-refractivity contribution in [3.05, 3.63) is 95.6 Å². The van der Waals surface area contributed by atoms with Gasteiger partial charge in [-0.25, -0.2) is 21.6 Å². The smallest absolute Gasteiger partial charge is 0.270 e. The molecule has 1 atom stereocenters. The van der Waals surface area contributed by atoms with Crippen molar-refractivity contribution in [3.63, 3.8) is 0 Å². The van der Waals surface area contributed by atoms with Gasteiger partial charge in [0.15, 0.2) is 5.54 Å². The van der Waals surface area contributed by atoms with Gasteiger partial charge in [-0.2, -0.15) is 4.31 Å².